The summed E-state index contributed by atoms with van der Waals surface area (Å²) in [5.41, 5.74) is 1.12. The highest BCUT2D eigenvalue weighted by Crippen LogP contribution is 2.21. The molecule has 0 aliphatic carbocycles. The summed E-state index contributed by atoms with van der Waals surface area (Å²) in [4.78, 5) is 35.9. The summed E-state index contributed by atoms with van der Waals surface area (Å²) in [7, 11) is 1.47. The summed E-state index contributed by atoms with van der Waals surface area (Å²) in [6, 6.07) is 6.60. The quantitative estimate of drug-likeness (QED) is 0.822. The molecule has 1 heterocycles. The molecular weight excluding hydrogens is 260 g/mol. The van der Waals surface area contributed by atoms with E-state index in [1.165, 1.54) is 7.05 Å². The van der Waals surface area contributed by atoms with E-state index >= 15 is 0 Å². The van der Waals surface area contributed by atoms with Gasteiger partial charge in [0.2, 0.25) is 5.91 Å². The van der Waals surface area contributed by atoms with Gasteiger partial charge in [-0.2, -0.15) is 0 Å². The summed E-state index contributed by atoms with van der Waals surface area (Å²) < 4.78 is 4.84. The van der Waals surface area contributed by atoms with Gasteiger partial charge in [0.05, 0.1) is 5.56 Å². The summed E-state index contributed by atoms with van der Waals surface area (Å²) >= 11 is 0. The second-order valence-corrected chi connectivity index (χ2v) is 4.45. The Balaban J connectivity index is 1.99. The predicted molar refractivity (Wildman–Crippen MR) is 72.4 cm³/mol. The van der Waals surface area contributed by atoms with Crippen molar-refractivity contribution < 1.29 is 19.1 Å². The number of benzene rings is 1. The van der Waals surface area contributed by atoms with Crippen molar-refractivity contribution in [1.82, 2.24) is 5.32 Å². The summed E-state index contributed by atoms with van der Waals surface area (Å²) in [5.74, 6) is -0.828. The number of ether oxygens (including phenoxy) is 1. The van der Waals surface area contributed by atoms with E-state index in [4.69, 9.17) is 4.74 Å². The monoisotopic (exact) mass is 276 g/mol. The van der Waals surface area contributed by atoms with Gasteiger partial charge in [-0.1, -0.05) is 0 Å². The Morgan fingerprint density at radius 2 is 2.00 bits per heavy atom. The predicted octanol–water partition coefficient (Wildman–Crippen LogP) is 0.716. The molecule has 0 radical (unpaired) electrons. The van der Waals surface area contributed by atoms with E-state index in [1.807, 2.05) is 0 Å². The Morgan fingerprint density at radius 3 is 2.55 bits per heavy atom. The van der Waals surface area contributed by atoms with E-state index in [0.29, 0.717) is 18.5 Å². The maximum absolute atomic E-state index is 11.7. The largest absolute Gasteiger partial charge is 0.452 e. The fraction of sp³-hybridized carbons (Fsp3) is 0.357. The van der Waals surface area contributed by atoms with Crippen molar-refractivity contribution in [3.8, 4) is 0 Å². The number of esters is 1. The van der Waals surface area contributed by atoms with E-state index in [1.54, 1.807) is 29.2 Å². The SMILES string of the molecule is CNC(=O)COC(=O)c1ccc(N2CCCC2=O)cc1. The fourth-order valence-corrected chi connectivity index (χ4v) is 1.99. The van der Waals surface area contributed by atoms with E-state index in [0.717, 1.165) is 12.1 Å². The molecule has 0 saturated carbocycles. The topological polar surface area (TPSA) is 75.7 Å². The maximum atomic E-state index is 11.7. The van der Waals surface area contributed by atoms with E-state index < -0.39 is 5.97 Å². The molecule has 1 aliphatic heterocycles. The lowest BCUT2D eigenvalue weighted by molar-refractivity contribution is -0.123. The smallest absolute Gasteiger partial charge is 0.338 e. The molecule has 2 amide bonds. The molecule has 106 valence electrons. The molecule has 0 bridgehead atoms. The minimum absolute atomic E-state index is 0.0972. The third kappa shape index (κ3) is 3.14. The van der Waals surface area contributed by atoms with Crippen molar-refractivity contribution in [2.75, 3.05) is 25.1 Å². The number of carbonyl (C=O) groups excluding carboxylic acids is 3. The van der Waals surface area contributed by atoms with Crippen LogP contribution in [0.5, 0.6) is 0 Å². The number of carbonyl (C=O) groups is 3. The molecule has 2 rings (SSSR count). The van der Waals surface area contributed by atoms with Gasteiger partial charge in [-0.3, -0.25) is 9.59 Å². The van der Waals surface area contributed by atoms with Crippen LogP contribution in [0.2, 0.25) is 0 Å². The number of nitrogens with one attached hydrogen (secondary N) is 1. The first kappa shape index (κ1) is 14.0. The van der Waals surface area contributed by atoms with Gasteiger partial charge in [0, 0.05) is 25.7 Å². The number of nitrogens with zero attached hydrogens (tertiary/aromatic N) is 1. The first-order valence-electron chi connectivity index (χ1n) is 6.40. The minimum atomic E-state index is -0.562. The number of hydrogen-bond acceptors (Lipinski definition) is 4. The Hall–Kier alpha value is -2.37. The third-order valence-electron chi connectivity index (χ3n) is 3.10. The highest BCUT2D eigenvalue weighted by molar-refractivity contribution is 5.96. The molecule has 1 saturated heterocycles. The van der Waals surface area contributed by atoms with Crippen molar-refractivity contribution in [3.05, 3.63) is 29.8 Å². The van der Waals surface area contributed by atoms with Crippen LogP contribution in [0.4, 0.5) is 5.69 Å². The lowest BCUT2D eigenvalue weighted by Gasteiger charge is -2.15. The van der Waals surface area contributed by atoms with Gasteiger partial charge >= 0.3 is 5.97 Å². The molecule has 1 aromatic carbocycles. The van der Waals surface area contributed by atoms with Gasteiger partial charge in [-0.05, 0) is 30.7 Å². The number of amides is 2. The van der Waals surface area contributed by atoms with Crippen molar-refractivity contribution in [1.29, 1.82) is 0 Å². The van der Waals surface area contributed by atoms with E-state index in [9.17, 15) is 14.4 Å². The third-order valence-corrected chi connectivity index (χ3v) is 3.10. The lowest BCUT2D eigenvalue weighted by atomic mass is 10.2. The van der Waals surface area contributed by atoms with Crippen LogP contribution in [0, 0.1) is 0 Å². The molecule has 0 spiro atoms. The molecule has 6 nitrogen and oxygen atoms in total. The van der Waals surface area contributed by atoms with Crippen molar-refractivity contribution >= 4 is 23.5 Å². The van der Waals surface area contributed by atoms with E-state index in [2.05, 4.69) is 5.32 Å². The standard InChI is InChI=1S/C14H16N2O4/c1-15-12(17)9-20-14(19)10-4-6-11(7-5-10)16-8-2-3-13(16)18/h4-7H,2-3,8-9H2,1H3,(H,15,17). The van der Waals surface area contributed by atoms with Gasteiger partial charge in [0.1, 0.15) is 0 Å². The maximum Gasteiger partial charge on any atom is 0.338 e. The molecule has 20 heavy (non-hydrogen) atoms. The first-order valence-corrected chi connectivity index (χ1v) is 6.40. The zero-order chi connectivity index (χ0) is 14.5. The molecule has 6 heteroatoms. The summed E-state index contributed by atoms with van der Waals surface area (Å²) in [5, 5.41) is 2.36. The van der Waals surface area contributed by atoms with Gasteiger partial charge in [0.25, 0.3) is 5.91 Å². The molecule has 1 aromatic rings. The average Bonchev–Trinajstić information content (AvgIpc) is 2.90. The zero-order valence-electron chi connectivity index (χ0n) is 11.2. The Bertz CT molecular complexity index is 524. The normalized spacial score (nSPS) is 14.2. The van der Waals surface area contributed by atoms with Gasteiger partial charge in [-0.15, -0.1) is 0 Å². The fourth-order valence-electron chi connectivity index (χ4n) is 1.99. The number of hydrogen-bond donors (Lipinski definition) is 1. The van der Waals surface area contributed by atoms with Crippen LogP contribution < -0.4 is 10.2 Å². The highest BCUT2D eigenvalue weighted by atomic mass is 16.5. The molecule has 1 N–H and O–H groups in total. The molecule has 1 fully saturated rings. The van der Waals surface area contributed by atoms with Crippen LogP contribution in [-0.4, -0.2) is 38.0 Å². The second kappa shape index (κ2) is 6.18. The number of anilines is 1. The Kier molecular flexibility index (Phi) is 4.34. The lowest BCUT2D eigenvalue weighted by Crippen LogP contribution is -2.25. The van der Waals surface area contributed by atoms with Crippen molar-refractivity contribution in [2.45, 2.75) is 12.8 Å². The Morgan fingerprint density at radius 1 is 1.30 bits per heavy atom. The van der Waals surface area contributed by atoms with Crippen molar-refractivity contribution in [3.63, 3.8) is 0 Å². The molecule has 0 unspecified atom stereocenters. The number of likely N-dealkylation sites (N-methyl/N-ethyl adjacent to an activating group) is 1. The van der Waals surface area contributed by atoms with Crippen LogP contribution >= 0.6 is 0 Å². The minimum Gasteiger partial charge on any atom is -0.452 e. The molecule has 0 aromatic heterocycles. The van der Waals surface area contributed by atoms with Gasteiger partial charge in [0.15, 0.2) is 6.61 Å². The molecule has 0 atom stereocenters. The van der Waals surface area contributed by atoms with Gasteiger partial charge < -0.3 is 15.0 Å². The van der Waals surface area contributed by atoms with Crippen LogP contribution in [0.3, 0.4) is 0 Å². The van der Waals surface area contributed by atoms with Crippen molar-refractivity contribution in [2.24, 2.45) is 0 Å². The van der Waals surface area contributed by atoms with Crippen LogP contribution in [-0.2, 0) is 14.3 Å². The number of rotatable bonds is 4. The second-order valence-electron chi connectivity index (χ2n) is 4.45. The zero-order valence-corrected chi connectivity index (χ0v) is 11.2. The molecular formula is C14H16N2O4. The van der Waals surface area contributed by atoms with Crippen LogP contribution in [0.25, 0.3) is 0 Å². The summed E-state index contributed by atoms with van der Waals surface area (Å²) in [6.07, 6.45) is 1.42. The average molecular weight is 276 g/mol. The highest BCUT2D eigenvalue weighted by Gasteiger charge is 2.21. The Labute approximate surface area is 116 Å². The molecule has 1 aliphatic rings. The van der Waals surface area contributed by atoms with Gasteiger partial charge in [-0.25, -0.2) is 4.79 Å². The van der Waals surface area contributed by atoms with E-state index in [-0.39, 0.29) is 18.4 Å². The van der Waals surface area contributed by atoms with Crippen LogP contribution in [0.1, 0.15) is 23.2 Å². The first-order chi connectivity index (χ1) is 9.61. The summed E-state index contributed by atoms with van der Waals surface area (Å²) in [6.45, 7) is 0.404. The van der Waals surface area contributed by atoms with Crippen LogP contribution in [0.15, 0.2) is 24.3 Å².